The molecule has 8 heteroatoms. The summed E-state index contributed by atoms with van der Waals surface area (Å²) in [5.41, 5.74) is 8.55. The van der Waals surface area contributed by atoms with Crippen LogP contribution in [0.25, 0.3) is 0 Å². The van der Waals surface area contributed by atoms with Gasteiger partial charge in [-0.05, 0) is 84.1 Å². The van der Waals surface area contributed by atoms with Crippen molar-refractivity contribution in [1.29, 1.82) is 0 Å². The number of amides is 1. The minimum atomic E-state index is -0.640. The molecule has 8 nitrogen and oxygen atoms in total. The number of nitrogens with one attached hydrogen (secondary N) is 1. The average molecular weight is 494 g/mol. The van der Waals surface area contributed by atoms with E-state index in [1.807, 2.05) is 27.7 Å². The minimum absolute atomic E-state index is 0.0235. The fraction of sp³-hybridized carbons (Fsp3) is 0.571. The highest BCUT2D eigenvalue weighted by Crippen LogP contribution is 2.41. The number of aromatic nitrogens is 2. The van der Waals surface area contributed by atoms with E-state index in [9.17, 15) is 9.90 Å². The second kappa shape index (κ2) is 10.2. The molecule has 1 aromatic heterocycles. The number of nitrogens with two attached hydrogens (primary N) is 1. The number of nitrogen functional groups attached to an aromatic ring is 1. The number of hydrogen-bond donors (Lipinski definition) is 3. The number of aryl methyl sites for hydroxylation is 1. The summed E-state index contributed by atoms with van der Waals surface area (Å²) in [6.07, 6.45) is 5.94. The van der Waals surface area contributed by atoms with Gasteiger partial charge in [-0.2, -0.15) is 4.98 Å². The van der Waals surface area contributed by atoms with Gasteiger partial charge in [0.25, 0.3) is 0 Å². The number of aliphatic hydroxyl groups is 1. The van der Waals surface area contributed by atoms with E-state index in [-0.39, 0.29) is 12.5 Å². The number of carbonyl (C=O) groups excluding carboxylic acids is 1. The highest BCUT2D eigenvalue weighted by atomic mass is 16.5. The summed E-state index contributed by atoms with van der Waals surface area (Å²) in [4.78, 5) is 25.6. The van der Waals surface area contributed by atoms with E-state index in [0.29, 0.717) is 41.5 Å². The van der Waals surface area contributed by atoms with Crippen LogP contribution in [0.3, 0.4) is 0 Å². The van der Waals surface area contributed by atoms with Gasteiger partial charge >= 0.3 is 0 Å². The summed E-state index contributed by atoms with van der Waals surface area (Å²) in [5, 5.41) is 12.2. The monoisotopic (exact) mass is 493 g/mol. The first-order chi connectivity index (χ1) is 17.0. The molecular weight excluding hydrogens is 454 g/mol. The quantitative estimate of drug-likeness (QED) is 0.518. The number of aliphatic imine (C=N–C) groups is 1. The number of ether oxygens (including phenoxy) is 1. The molecule has 0 atom stereocenters. The Morgan fingerprint density at radius 2 is 1.83 bits per heavy atom. The smallest absolute Gasteiger partial charge is 0.246 e. The molecule has 1 amide bonds. The Kier molecular flexibility index (Phi) is 7.36. The zero-order valence-electron chi connectivity index (χ0n) is 22.1. The summed E-state index contributed by atoms with van der Waals surface area (Å²) >= 11 is 0. The zero-order valence-corrected chi connectivity index (χ0v) is 22.1. The number of fused-ring (bicyclic) bond motifs is 1. The SMILES string of the molecule is Cc1nc(N)c2c(n1)OC(C)(C)C(c1ccc([C@H]3CC[C@H](CCC(=O)NC(C)(C)CO)CC3)cc1)=N2. The molecule has 2 aromatic rings. The number of aliphatic hydroxyl groups excluding tert-OH is 1. The molecule has 1 aliphatic heterocycles. The van der Waals surface area contributed by atoms with Crippen LogP contribution in [0.15, 0.2) is 29.3 Å². The first-order valence-corrected chi connectivity index (χ1v) is 12.9. The van der Waals surface area contributed by atoms with Gasteiger partial charge in [-0.15, -0.1) is 0 Å². The summed E-state index contributed by atoms with van der Waals surface area (Å²) in [6.45, 7) is 9.37. The molecule has 0 bridgehead atoms. The Labute approximate surface area is 213 Å². The van der Waals surface area contributed by atoms with Crippen molar-refractivity contribution in [2.75, 3.05) is 12.3 Å². The van der Waals surface area contributed by atoms with Crippen molar-refractivity contribution in [3.63, 3.8) is 0 Å². The largest absolute Gasteiger partial charge is 0.463 e. The van der Waals surface area contributed by atoms with Gasteiger partial charge in [0.15, 0.2) is 11.5 Å². The van der Waals surface area contributed by atoms with Gasteiger partial charge in [0.2, 0.25) is 11.8 Å². The molecule has 1 aromatic carbocycles. The third-order valence-electron chi connectivity index (χ3n) is 7.29. The number of carbonyl (C=O) groups is 1. The molecule has 4 N–H and O–H groups in total. The Morgan fingerprint density at radius 1 is 1.17 bits per heavy atom. The second-order valence-electron chi connectivity index (χ2n) is 11.4. The summed E-state index contributed by atoms with van der Waals surface area (Å²) < 4.78 is 6.18. The number of benzene rings is 1. The predicted octanol–water partition coefficient (Wildman–Crippen LogP) is 4.60. The van der Waals surface area contributed by atoms with Gasteiger partial charge in [0.1, 0.15) is 11.4 Å². The van der Waals surface area contributed by atoms with Crippen molar-refractivity contribution in [1.82, 2.24) is 15.3 Å². The van der Waals surface area contributed by atoms with Crippen LogP contribution in [0.4, 0.5) is 11.5 Å². The second-order valence-corrected chi connectivity index (χ2v) is 11.4. The van der Waals surface area contributed by atoms with Crippen LogP contribution >= 0.6 is 0 Å². The molecule has 0 saturated heterocycles. The maximum absolute atomic E-state index is 12.2. The van der Waals surface area contributed by atoms with Crippen molar-refractivity contribution >= 4 is 23.1 Å². The molecule has 194 valence electrons. The van der Waals surface area contributed by atoms with Gasteiger partial charge < -0.3 is 20.9 Å². The predicted molar refractivity (Wildman–Crippen MR) is 142 cm³/mol. The topological polar surface area (TPSA) is 123 Å². The van der Waals surface area contributed by atoms with E-state index >= 15 is 0 Å². The van der Waals surface area contributed by atoms with Crippen molar-refractivity contribution in [3.05, 3.63) is 41.2 Å². The molecule has 36 heavy (non-hydrogen) atoms. The van der Waals surface area contributed by atoms with Crippen LogP contribution in [-0.2, 0) is 4.79 Å². The molecule has 2 heterocycles. The maximum Gasteiger partial charge on any atom is 0.246 e. The van der Waals surface area contributed by atoms with Crippen LogP contribution < -0.4 is 15.8 Å². The lowest BCUT2D eigenvalue weighted by Crippen LogP contribution is -2.46. The molecule has 0 spiro atoms. The highest BCUT2D eigenvalue weighted by molar-refractivity contribution is 6.09. The lowest BCUT2D eigenvalue weighted by atomic mass is 9.77. The number of anilines is 1. The van der Waals surface area contributed by atoms with Crippen LogP contribution in [0, 0.1) is 12.8 Å². The minimum Gasteiger partial charge on any atom is -0.463 e. The van der Waals surface area contributed by atoms with Crippen LogP contribution in [0.5, 0.6) is 5.88 Å². The Bertz CT molecular complexity index is 1130. The van der Waals surface area contributed by atoms with Crippen molar-refractivity contribution in [2.45, 2.75) is 90.2 Å². The van der Waals surface area contributed by atoms with E-state index in [0.717, 1.165) is 43.4 Å². The first kappa shape index (κ1) is 26.1. The molecule has 0 unspecified atom stereocenters. The lowest BCUT2D eigenvalue weighted by Gasteiger charge is -2.32. The Morgan fingerprint density at radius 3 is 2.47 bits per heavy atom. The van der Waals surface area contributed by atoms with Gasteiger partial charge in [-0.25, -0.2) is 9.98 Å². The third-order valence-corrected chi connectivity index (χ3v) is 7.29. The molecular formula is C28H39N5O3. The van der Waals surface area contributed by atoms with Gasteiger partial charge in [-0.3, -0.25) is 4.79 Å². The molecule has 2 aliphatic rings. The first-order valence-electron chi connectivity index (χ1n) is 12.9. The van der Waals surface area contributed by atoms with E-state index in [4.69, 9.17) is 15.5 Å². The lowest BCUT2D eigenvalue weighted by molar-refractivity contribution is -0.123. The average Bonchev–Trinajstić information content (AvgIpc) is 2.82. The standard InChI is InChI=1S/C28H39N5O3/c1-17-30-25(29)23-26(31-17)36-28(4,5)24(32-23)21-13-11-20(12-14-21)19-9-6-18(7-10-19)8-15-22(35)33-27(2,3)16-34/h11-14,18-19,34H,6-10,15-16H2,1-5H3,(H,33,35)(H2,29,30,31)/t18-,19-. The van der Waals surface area contributed by atoms with Crippen molar-refractivity contribution in [2.24, 2.45) is 10.9 Å². The van der Waals surface area contributed by atoms with Crippen molar-refractivity contribution < 1.29 is 14.6 Å². The molecule has 4 rings (SSSR count). The normalized spacial score (nSPS) is 21.2. The van der Waals surface area contributed by atoms with Crippen LogP contribution in [0.1, 0.15) is 89.1 Å². The Hall–Kier alpha value is -3.00. The van der Waals surface area contributed by atoms with Crippen molar-refractivity contribution in [3.8, 4) is 5.88 Å². The molecule has 1 saturated carbocycles. The summed E-state index contributed by atoms with van der Waals surface area (Å²) in [6, 6.07) is 8.64. The van der Waals surface area contributed by atoms with Crippen LogP contribution in [0.2, 0.25) is 0 Å². The number of nitrogens with zero attached hydrogens (tertiary/aromatic N) is 3. The molecule has 1 fully saturated rings. The number of hydrogen-bond acceptors (Lipinski definition) is 7. The fourth-order valence-corrected chi connectivity index (χ4v) is 5.20. The molecule has 0 radical (unpaired) electrons. The zero-order chi connectivity index (χ0) is 26.1. The Balaban J connectivity index is 1.37. The van der Waals surface area contributed by atoms with E-state index < -0.39 is 11.1 Å². The number of rotatable bonds is 7. The third kappa shape index (κ3) is 5.86. The van der Waals surface area contributed by atoms with E-state index in [1.165, 1.54) is 5.56 Å². The van der Waals surface area contributed by atoms with E-state index in [2.05, 4.69) is 39.6 Å². The fourth-order valence-electron chi connectivity index (χ4n) is 5.20. The van der Waals surface area contributed by atoms with Crippen LogP contribution in [-0.4, -0.2) is 44.4 Å². The maximum atomic E-state index is 12.2. The van der Waals surface area contributed by atoms with Gasteiger partial charge in [0.05, 0.1) is 17.9 Å². The summed E-state index contributed by atoms with van der Waals surface area (Å²) in [7, 11) is 0. The highest BCUT2D eigenvalue weighted by Gasteiger charge is 2.35. The summed E-state index contributed by atoms with van der Waals surface area (Å²) in [5.74, 6) is 2.45. The van der Waals surface area contributed by atoms with Gasteiger partial charge in [-0.1, -0.05) is 24.3 Å². The van der Waals surface area contributed by atoms with Gasteiger partial charge in [0, 0.05) is 12.0 Å². The van der Waals surface area contributed by atoms with E-state index in [1.54, 1.807) is 6.92 Å². The molecule has 1 aliphatic carbocycles.